The number of carbonyl (C=O) groups is 1. The first kappa shape index (κ1) is 16.3. The van der Waals surface area contributed by atoms with Gasteiger partial charge in [0.15, 0.2) is 5.69 Å². The van der Waals surface area contributed by atoms with Crippen LogP contribution in [0, 0.1) is 16.7 Å². The lowest BCUT2D eigenvalue weighted by molar-refractivity contribution is -0.107. The second kappa shape index (κ2) is 5.39. The first-order valence-corrected chi connectivity index (χ1v) is 8.64. The van der Waals surface area contributed by atoms with Crippen LogP contribution >= 0.6 is 0 Å². The van der Waals surface area contributed by atoms with Crippen LogP contribution in [0.2, 0.25) is 0 Å². The molecule has 2 aliphatic rings. The summed E-state index contributed by atoms with van der Waals surface area (Å²) in [6.07, 6.45) is 1.03. The van der Waals surface area contributed by atoms with E-state index in [0.717, 1.165) is 6.42 Å². The molecule has 1 N–H and O–H groups in total. The maximum absolute atomic E-state index is 13.0. The van der Waals surface area contributed by atoms with Crippen molar-refractivity contribution in [2.45, 2.75) is 20.3 Å². The summed E-state index contributed by atoms with van der Waals surface area (Å²) in [6, 6.07) is 7.25. The number of hydrogen-bond acceptors (Lipinski definition) is 4. The lowest BCUT2D eigenvalue weighted by Crippen LogP contribution is -2.55. The van der Waals surface area contributed by atoms with E-state index in [0.29, 0.717) is 36.6 Å². The van der Waals surface area contributed by atoms with Gasteiger partial charge in [0, 0.05) is 25.6 Å². The minimum Gasteiger partial charge on any atom is -0.384 e. The SMILES string of the molecule is COC[C@@]12CN(C(=O)c3nc4ccccc4[nH]c3=O)C[C@@H]1C(C)(C)C2. The van der Waals surface area contributed by atoms with Crippen LogP contribution < -0.4 is 5.56 Å². The first-order valence-electron chi connectivity index (χ1n) is 8.64. The quantitative estimate of drug-likeness (QED) is 0.927. The number of benzene rings is 1. The van der Waals surface area contributed by atoms with Crippen molar-refractivity contribution in [3.63, 3.8) is 0 Å². The molecule has 4 rings (SSSR count). The van der Waals surface area contributed by atoms with Crippen LogP contribution in [0.1, 0.15) is 30.8 Å². The molecule has 25 heavy (non-hydrogen) atoms. The molecule has 1 aliphatic carbocycles. The number of likely N-dealkylation sites (tertiary alicyclic amines) is 1. The van der Waals surface area contributed by atoms with Crippen molar-refractivity contribution in [2.24, 2.45) is 16.7 Å². The van der Waals surface area contributed by atoms with Crippen molar-refractivity contribution in [1.29, 1.82) is 0 Å². The van der Waals surface area contributed by atoms with Crippen LogP contribution in [0.5, 0.6) is 0 Å². The minimum absolute atomic E-state index is 0.0114. The predicted octanol–water partition coefficient (Wildman–Crippen LogP) is 2.06. The number of carbonyl (C=O) groups excluding carboxylic acids is 1. The molecule has 0 bridgehead atoms. The number of fused-ring (bicyclic) bond motifs is 2. The van der Waals surface area contributed by atoms with Gasteiger partial charge in [-0.3, -0.25) is 9.59 Å². The summed E-state index contributed by atoms with van der Waals surface area (Å²) >= 11 is 0. The highest BCUT2D eigenvalue weighted by Gasteiger charge is 2.63. The fourth-order valence-corrected chi connectivity index (χ4v) is 5.09. The van der Waals surface area contributed by atoms with Gasteiger partial charge in [-0.1, -0.05) is 26.0 Å². The maximum atomic E-state index is 13.0. The molecule has 0 radical (unpaired) electrons. The molecular formula is C19H23N3O3. The number of ether oxygens (including phenoxy) is 1. The molecule has 1 amide bonds. The van der Waals surface area contributed by atoms with E-state index >= 15 is 0 Å². The Bertz CT molecular complexity index is 904. The Morgan fingerprint density at radius 1 is 1.40 bits per heavy atom. The number of rotatable bonds is 3. The highest BCUT2D eigenvalue weighted by atomic mass is 16.5. The lowest BCUT2D eigenvalue weighted by atomic mass is 9.48. The molecule has 6 heteroatoms. The first-order chi connectivity index (χ1) is 11.9. The van der Waals surface area contributed by atoms with Gasteiger partial charge in [-0.25, -0.2) is 4.98 Å². The van der Waals surface area contributed by atoms with Gasteiger partial charge >= 0.3 is 0 Å². The normalized spacial score (nSPS) is 27.2. The maximum Gasteiger partial charge on any atom is 0.280 e. The third-order valence-electron chi connectivity index (χ3n) is 5.92. The molecule has 1 aliphatic heterocycles. The fourth-order valence-electron chi connectivity index (χ4n) is 5.09. The average molecular weight is 341 g/mol. The zero-order chi connectivity index (χ0) is 17.8. The third-order valence-corrected chi connectivity index (χ3v) is 5.92. The zero-order valence-corrected chi connectivity index (χ0v) is 14.8. The Kier molecular flexibility index (Phi) is 3.51. The van der Waals surface area contributed by atoms with E-state index in [4.69, 9.17) is 4.74 Å². The standard InChI is InChI=1S/C19H23N3O3/c1-18(2)9-19(11-25-3)10-22(8-14(18)19)17(24)15-16(23)21-13-7-5-4-6-12(13)20-15/h4-7,14H,8-11H2,1-3H3,(H,21,23)/t14-,19-/m1/s1. The molecular weight excluding hydrogens is 318 g/mol. The molecule has 1 aromatic heterocycles. The molecule has 2 aromatic rings. The highest BCUT2D eigenvalue weighted by molar-refractivity contribution is 5.94. The van der Waals surface area contributed by atoms with Crippen LogP contribution in [0.25, 0.3) is 11.0 Å². The minimum atomic E-state index is -0.428. The summed E-state index contributed by atoms with van der Waals surface area (Å²) in [5.74, 6) is 0.108. The van der Waals surface area contributed by atoms with Gasteiger partial charge in [-0.2, -0.15) is 0 Å². The van der Waals surface area contributed by atoms with E-state index in [1.54, 1.807) is 24.1 Å². The molecule has 6 nitrogen and oxygen atoms in total. The second-order valence-electron chi connectivity index (χ2n) is 8.13. The van der Waals surface area contributed by atoms with E-state index in [2.05, 4.69) is 23.8 Å². The Hall–Kier alpha value is -2.21. The van der Waals surface area contributed by atoms with Crippen LogP contribution in [-0.4, -0.2) is 47.6 Å². The van der Waals surface area contributed by atoms with E-state index < -0.39 is 5.56 Å². The van der Waals surface area contributed by atoms with Gasteiger partial charge in [-0.15, -0.1) is 0 Å². The van der Waals surface area contributed by atoms with E-state index in [1.807, 2.05) is 12.1 Å². The monoisotopic (exact) mass is 341 g/mol. The van der Waals surface area contributed by atoms with Gasteiger partial charge in [0.2, 0.25) is 0 Å². The molecule has 2 atom stereocenters. The summed E-state index contributed by atoms with van der Waals surface area (Å²) < 4.78 is 5.44. The molecule has 1 aromatic carbocycles. The Morgan fingerprint density at radius 2 is 2.16 bits per heavy atom. The number of amides is 1. The molecule has 0 unspecified atom stereocenters. The number of H-pyrrole nitrogens is 1. The largest absolute Gasteiger partial charge is 0.384 e. The van der Waals surface area contributed by atoms with Gasteiger partial charge < -0.3 is 14.6 Å². The zero-order valence-electron chi connectivity index (χ0n) is 14.8. The number of nitrogens with one attached hydrogen (secondary N) is 1. The highest BCUT2D eigenvalue weighted by Crippen LogP contribution is 2.62. The lowest BCUT2D eigenvalue weighted by Gasteiger charge is -2.56. The van der Waals surface area contributed by atoms with Gasteiger partial charge in [0.25, 0.3) is 11.5 Å². The van der Waals surface area contributed by atoms with Crippen molar-refractivity contribution >= 4 is 16.9 Å². The number of hydrogen-bond donors (Lipinski definition) is 1. The molecule has 1 saturated carbocycles. The summed E-state index contributed by atoms with van der Waals surface area (Å²) in [6.45, 7) is 6.40. The number of para-hydroxylation sites is 2. The summed E-state index contributed by atoms with van der Waals surface area (Å²) in [5.41, 5.74) is 1.02. The summed E-state index contributed by atoms with van der Waals surface area (Å²) in [5, 5.41) is 0. The van der Waals surface area contributed by atoms with Crippen LogP contribution in [0.4, 0.5) is 0 Å². The fraction of sp³-hybridized carbons (Fsp3) is 0.526. The molecule has 2 heterocycles. The van der Waals surface area contributed by atoms with Crippen molar-refractivity contribution in [3.05, 3.63) is 40.3 Å². The number of methoxy groups -OCH3 is 1. The molecule has 1 saturated heterocycles. The summed E-state index contributed by atoms with van der Waals surface area (Å²) in [7, 11) is 1.71. The van der Waals surface area contributed by atoms with E-state index in [-0.39, 0.29) is 22.4 Å². The third kappa shape index (κ3) is 2.39. The molecule has 132 valence electrons. The van der Waals surface area contributed by atoms with Gasteiger partial charge in [0.05, 0.1) is 17.6 Å². The van der Waals surface area contributed by atoms with E-state index in [1.165, 1.54) is 0 Å². The Morgan fingerprint density at radius 3 is 2.88 bits per heavy atom. The number of aromatic amines is 1. The number of aromatic nitrogens is 2. The Labute approximate surface area is 146 Å². The van der Waals surface area contributed by atoms with Crippen LogP contribution in [-0.2, 0) is 4.74 Å². The van der Waals surface area contributed by atoms with Crippen LogP contribution in [0.3, 0.4) is 0 Å². The predicted molar refractivity (Wildman–Crippen MR) is 94.5 cm³/mol. The van der Waals surface area contributed by atoms with Crippen molar-refractivity contribution in [3.8, 4) is 0 Å². The van der Waals surface area contributed by atoms with E-state index in [9.17, 15) is 9.59 Å². The second-order valence-corrected chi connectivity index (χ2v) is 8.13. The van der Waals surface area contributed by atoms with Gasteiger partial charge in [-0.05, 0) is 29.9 Å². The molecule has 2 fully saturated rings. The summed E-state index contributed by atoms with van der Waals surface area (Å²) in [4.78, 5) is 34.2. The average Bonchev–Trinajstić information content (AvgIpc) is 2.88. The van der Waals surface area contributed by atoms with Crippen molar-refractivity contribution < 1.29 is 9.53 Å². The number of nitrogens with zero attached hydrogens (tertiary/aromatic N) is 2. The smallest absolute Gasteiger partial charge is 0.280 e. The van der Waals surface area contributed by atoms with Crippen molar-refractivity contribution in [2.75, 3.05) is 26.8 Å². The van der Waals surface area contributed by atoms with Crippen molar-refractivity contribution in [1.82, 2.24) is 14.9 Å². The molecule has 0 spiro atoms. The van der Waals surface area contributed by atoms with Crippen LogP contribution in [0.15, 0.2) is 29.1 Å². The Balaban J connectivity index is 1.66. The topological polar surface area (TPSA) is 75.3 Å². The van der Waals surface area contributed by atoms with Gasteiger partial charge in [0.1, 0.15) is 0 Å².